The molecule has 1 aromatic heterocycles. The SMILES string of the molecule is N#Cc1nnc2cc(-c3ccc(CS(=O)[O-])cc3)ccc2c1NC1COC1. The zero-order chi connectivity index (χ0) is 18.8. The van der Waals surface area contributed by atoms with Crippen molar-refractivity contribution in [1.82, 2.24) is 10.2 Å². The van der Waals surface area contributed by atoms with E-state index in [0.29, 0.717) is 24.4 Å². The molecule has 1 saturated heterocycles. The Bertz CT molecular complexity index is 1060. The molecule has 0 amide bonds. The van der Waals surface area contributed by atoms with E-state index in [2.05, 4.69) is 21.6 Å². The number of hydrogen-bond acceptors (Lipinski definition) is 7. The van der Waals surface area contributed by atoms with Crippen molar-refractivity contribution >= 4 is 27.7 Å². The van der Waals surface area contributed by atoms with Crippen LogP contribution in [0, 0.1) is 11.3 Å². The minimum absolute atomic E-state index is 0.000320. The summed E-state index contributed by atoms with van der Waals surface area (Å²) in [4.78, 5) is 0. The molecular weight excluding hydrogens is 364 g/mol. The maximum absolute atomic E-state index is 10.8. The van der Waals surface area contributed by atoms with Gasteiger partial charge in [0.25, 0.3) is 0 Å². The summed E-state index contributed by atoms with van der Waals surface area (Å²) in [5.41, 5.74) is 4.24. The van der Waals surface area contributed by atoms with Gasteiger partial charge < -0.3 is 14.6 Å². The smallest absolute Gasteiger partial charge is 0.186 e. The highest BCUT2D eigenvalue weighted by atomic mass is 32.2. The van der Waals surface area contributed by atoms with E-state index in [0.717, 1.165) is 22.1 Å². The number of anilines is 1. The quantitative estimate of drug-likeness (QED) is 0.677. The lowest BCUT2D eigenvalue weighted by atomic mass is 10.0. The first kappa shape index (κ1) is 17.5. The van der Waals surface area contributed by atoms with Crippen LogP contribution in [0.2, 0.25) is 0 Å². The number of hydrogen-bond donors (Lipinski definition) is 1. The van der Waals surface area contributed by atoms with E-state index in [1.807, 2.05) is 30.3 Å². The van der Waals surface area contributed by atoms with Crippen molar-refractivity contribution in [2.45, 2.75) is 11.8 Å². The predicted octanol–water partition coefficient (Wildman–Crippen LogP) is 2.36. The summed E-state index contributed by atoms with van der Waals surface area (Å²) in [6.45, 7) is 1.21. The Morgan fingerprint density at radius 3 is 2.56 bits per heavy atom. The molecule has 0 bridgehead atoms. The van der Waals surface area contributed by atoms with E-state index in [9.17, 15) is 14.0 Å². The van der Waals surface area contributed by atoms with Crippen LogP contribution in [0.15, 0.2) is 42.5 Å². The minimum atomic E-state index is -2.10. The van der Waals surface area contributed by atoms with Crippen molar-refractivity contribution in [2.75, 3.05) is 18.5 Å². The van der Waals surface area contributed by atoms with Crippen LogP contribution in [0.5, 0.6) is 0 Å². The summed E-state index contributed by atoms with van der Waals surface area (Å²) in [6.07, 6.45) is 0. The van der Waals surface area contributed by atoms with E-state index in [1.165, 1.54) is 0 Å². The Hall–Kier alpha value is -2.86. The van der Waals surface area contributed by atoms with Crippen molar-refractivity contribution in [3.63, 3.8) is 0 Å². The molecule has 0 saturated carbocycles. The molecule has 8 heteroatoms. The fraction of sp³-hybridized carbons (Fsp3) is 0.211. The third-order valence-electron chi connectivity index (χ3n) is 4.43. The van der Waals surface area contributed by atoms with E-state index in [-0.39, 0.29) is 17.5 Å². The van der Waals surface area contributed by atoms with E-state index in [4.69, 9.17) is 4.74 Å². The van der Waals surface area contributed by atoms with Gasteiger partial charge in [-0.25, -0.2) is 0 Å². The van der Waals surface area contributed by atoms with Crippen molar-refractivity contribution in [3.8, 4) is 17.2 Å². The fourth-order valence-corrected chi connectivity index (χ4v) is 3.43. The molecular formula is C19H15N4O3S-. The van der Waals surface area contributed by atoms with Gasteiger partial charge in [-0.2, -0.15) is 5.26 Å². The summed E-state index contributed by atoms with van der Waals surface area (Å²) in [5.74, 6) is 0.000320. The third-order valence-corrected chi connectivity index (χ3v) is 4.99. The van der Waals surface area contributed by atoms with Gasteiger partial charge in [0.2, 0.25) is 0 Å². The molecule has 0 aliphatic carbocycles. The van der Waals surface area contributed by atoms with Crippen LogP contribution >= 0.6 is 0 Å². The lowest BCUT2D eigenvalue weighted by Gasteiger charge is -2.28. The number of nitrogens with zero attached hydrogens (tertiary/aromatic N) is 3. The zero-order valence-corrected chi connectivity index (χ0v) is 15.0. The normalized spacial score (nSPS) is 15.1. The van der Waals surface area contributed by atoms with E-state index in [1.54, 1.807) is 12.1 Å². The number of ether oxygens (including phenoxy) is 1. The Morgan fingerprint density at radius 2 is 1.93 bits per heavy atom. The monoisotopic (exact) mass is 379 g/mol. The summed E-state index contributed by atoms with van der Waals surface area (Å²) < 4.78 is 26.8. The second kappa shape index (κ2) is 7.40. The molecule has 2 heterocycles. The minimum Gasteiger partial charge on any atom is -0.772 e. The zero-order valence-electron chi connectivity index (χ0n) is 14.2. The Labute approximate surface area is 158 Å². The number of nitrogens with one attached hydrogen (secondary N) is 1. The Morgan fingerprint density at radius 1 is 1.19 bits per heavy atom. The lowest BCUT2D eigenvalue weighted by Crippen LogP contribution is -2.40. The molecule has 2 aromatic carbocycles. The van der Waals surface area contributed by atoms with Gasteiger partial charge in [-0.05, 0) is 28.8 Å². The fourth-order valence-electron chi connectivity index (χ4n) is 2.96. The molecule has 7 nitrogen and oxygen atoms in total. The third kappa shape index (κ3) is 3.66. The van der Waals surface area contributed by atoms with Crippen LogP contribution in [0.1, 0.15) is 11.3 Å². The van der Waals surface area contributed by atoms with Crippen LogP contribution < -0.4 is 5.32 Å². The highest BCUT2D eigenvalue weighted by Gasteiger charge is 2.21. The largest absolute Gasteiger partial charge is 0.772 e. The molecule has 136 valence electrons. The number of benzene rings is 2. The first-order valence-corrected chi connectivity index (χ1v) is 9.58. The summed E-state index contributed by atoms with van der Waals surface area (Å²) in [5, 5.41) is 21.7. The number of aromatic nitrogens is 2. The van der Waals surface area contributed by atoms with Crippen molar-refractivity contribution in [2.24, 2.45) is 0 Å². The van der Waals surface area contributed by atoms with E-state index < -0.39 is 11.1 Å². The molecule has 0 spiro atoms. The summed E-state index contributed by atoms with van der Waals surface area (Å²) in [6, 6.07) is 15.4. The molecule has 1 N–H and O–H groups in total. The highest BCUT2D eigenvalue weighted by Crippen LogP contribution is 2.30. The molecule has 1 fully saturated rings. The Kier molecular flexibility index (Phi) is 4.81. The average Bonchev–Trinajstić information content (AvgIpc) is 2.64. The first-order chi connectivity index (χ1) is 13.1. The number of rotatable bonds is 5. The van der Waals surface area contributed by atoms with Crippen molar-refractivity contribution in [3.05, 3.63) is 53.7 Å². The van der Waals surface area contributed by atoms with Gasteiger partial charge >= 0.3 is 0 Å². The van der Waals surface area contributed by atoms with Gasteiger partial charge in [-0.1, -0.05) is 41.4 Å². The number of nitriles is 1. The van der Waals surface area contributed by atoms with Crippen LogP contribution in [-0.4, -0.2) is 38.2 Å². The van der Waals surface area contributed by atoms with Gasteiger partial charge in [-0.3, -0.25) is 4.21 Å². The molecule has 3 aromatic rings. The average molecular weight is 379 g/mol. The van der Waals surface area contributed by atoms with Gasteiger partial charge in [0, 0.05) is 11.1 Å². The van der Waals surface area contributed by atoms with Gasteiger partial charge in [0.1, 0.15) is 6.07 Å². The van der Waals surface area contributed by atoms with Gasteiger partial charge in [0.05, 0.1) is 30.5 Å². The van der Waals surface area contributed by atoms with Gasteiger partial charge in [-0.15, -0.1) is 10.2 Å². The highest BCUT2D eigenvalue weighted by molar-refractivity contribution is 7.78. The summed E-state index contributed by atoms with van der Waals surface area (Å²) >= 11 is -2.10. The van der Waals surface area contributed by atoms with Crippen LogP contribution in [0.4, 0.5) is 5.69 Å². The van der Waals surface area contributed by atoms with Gasteiger partial charge in [0.15, 0.2) is 5.69 Å². The maximum atomic E-state index is 10.8. The Balaban J connectivity index is 1.70. The first-order valence-electron chi connectivity index (χ1n) is 8.34. The second-order valence-electron chi connectivity index (χ2n) is 6.29. The molecule has 1 atom stereocenters. The van der Waals surface area contributed by atoms with Crippen molar-refractivity contribution in [1.29, 1.82) is 5.26 Å². The van der Waals surface area contributed by atoms with Crippen LogP contribution in [-0.2, 0) is 21.6 Å². The predicted molar refractivity (Wildman–Crippen MR) is 101 cm³/mol. The standard InChI is InChI=1S/C19H16N4O3S/c20-8-18-19(21-15-9-26-10-15)16-6-5-14(7-17(16)22-23-18)13-3-1-12(2-4-13)11-27(24)25/h1-7,15H,9-11H2,(H,21,22)(H,24,25)/p-1. The lowest BCUT2D eigenvalue weighted by molar-refractivity contribution is 0.0211. The topological polar surface area (TPSA) is 111 Å². The molecule has 1 aliphatic heterocycles. The maximum Gasteiger partial charge on any atom is 0.186 e. The summed E-state index contributed by atoms with van der Waals surface area (Å²) in [7, 11) is 0. The number of fused-ring (bicyclic) bond motifs is 1. The van der Waals surface area contributed by atoms with Crippen molar-refractivity contribution < 1.29 is 13.5 Å². The molecule has 27 heavy (non-hydrogen) atoms. The van der Waals surface area contributed by atoms with E-state index >= 15 is 0 Å². The molecule has 1 aliphatic rings. The molecule has 0 radical (unpaired) electrons. The van der Waals surface area contributed by atoms with Crippen LogP contribution in [0.25, 0.3) is 22.0 Å². The molecule has 4 rings (SSSR count). The second-order valence-corrected chi connectivity index (χ2v) is 7.19. The molecule has 1 unspecified atom stereocenters. The van der Waals surface area contributed by atoms with Crippen LogP contribution in [0.3, 0.4) is 0 Å².